The van der Waals surface area contributed by atoms with Gasteiger partial charge in [0.1, 0.15) is 6.10 Å². The summed E-state index contributed by atoms with van der Waals surface area (Å²) in [5, 5.41) is 9.10. The van der Waals surface area contributed by atoms with Gasteiger partial charge >= 0.3 is 5.97 Å². The van der Waals surface area contributed by atoms with Crippen molar-refractivity contribution in [2.45, 2.75) is 18.9 Å². The summed E-state index contributed by atoms with van der Waals surface area (Å²) in [6.07, 6.45) is 2.08. The Balaban J connectivity index is 3.77. The third-order valence-electron chi connectivity index (χ3n) is 1.17. The molecule has 0 bridgehead atoms. The lowest BCUT2D eigenvalue weighted by Gasteiger charge is -1.97. The maximum atomic E-state index is 10.5. The average molecular weight is 168 g/mol. The minimum atomic E-state index is -0.776. The number of esters is 1. The van der Waals surface area contributed by atoms with E-state index in [0.717, 1.165) is 0 Å². The molecule has 0 saturated carbocycles. The zero-order valence-corrected chi connectivity index (χ0v) is 7.04. The van der Waals surface area contributed by atoms with E-state index in [1.54, 1.807) is 6.08 Å². The van der Waals surface area contributed by atoms with E-state index in [-0.39, 0.29) is 0 Å². The van der Waals surface area contributed by atoms with Crippen molar-refractivity contribution in [3.8, 4) is 11.8 Å². The molecule has 0 rings (SSSR count). The highest BCUT2D eigenvalue weighted by molar-refractivity contribution is 5.88. The van der Waals surface area contributed by atoms with Gasteiger partial charge in [-0.3, -0.25) is 0 Å². The van der Waals surface area contributed by atoms with Crippen LogP contribution >= 0.6 is 0 Å². The number of hydrogen-bond acceptors (Lipinski definition) is 3. The van der Waals surface area contributed by atoms with E-state index < -0.39 is 12.1 Å². The normalized spacial score (nSPS) is 10.8. The van der Waals surface area contributed by atoms with Gasteiger partial charge in [0.05, 0.1) is 7.11 Å². The van der Waals surface area contributed by atoms with Gasteiger partial charge in [0.25, 0.3) is 0 Å². The van der Waals surface area contributed by atoms with Crippen molar-refractivity contribution in [1.82, 2.24) is 0 Å². The van der Waals surface area contributed by atoms with Gasteiger partial charge in [0, 0.05) is 5.92 Å². The van der Waals surface area contributed by atoms with Gasteiger partial charge in [-0.05, 0) is 12.8 Å². The van der Waals surface area contributed by atoms with Crippen LogP contribution in [0.15, 0.2) is 12.7 Å². The molecule has 0 heterocycles. The van der Waals surface area contributed by atoms with Crippen LogP contribution in [0.1, 0.15) is 12.8 Å². The Bertz CT molecular complexity index is 210. The summed E-state index contributed by atoms with van der Waals surface area (Å²) < 4.78 is 4.26. The predicted octanol–water partition coefficient (Wildman–Crippen LogP) is 0.490. The van der Waals surface area contributed by atoms with Gasteiger partial charge in [-0.25, -0.2) is 4.79 Å². The highest BCUT2D eigenvalue weighted by Crippen LogP contribution is 1.95. The summed E-state index contributed by atoms with van der Waals surface area (Å²) >= 11 is 0. The molecule has 0 saturated heterocycles. The van der Waals surface area contributed by atoms with E-state index in [4.69, 9.17) is 5.11 Å². The molecule has 0 aliphatic carbocycles. The lowest BCUT2D eigenvalue weighted by molar-refractivity contribution is -0.133. The maximum Gasteiger partial charge on any atom is 0.384 e. The molecule has 1 N–H and O–H groups in total. The maximum absolute atomic E-state index is 10.5. The van der Waals surface area contributed by atoms with Crippen LogP contribution in [0.3, 0.4) is 0 Å². The third kappa shape index (κ3) is 5.51. The van der Waals surface area contributed by atoms with Crippen LogP contribution in [0.4, 0.5) is 0 Å². The Morgan fingerprint density at radius 1 is 1.83 bits per heavy atom. The zero-order valence-electron chi connectivity index (χ0n) is 7.04. The fraction of sp³-hybridized carbons (Fsp3) is 0.444. The van der Waals surface area contributed by atoms with E-state index >= 15 is 0 Å². The van der Waals surface area contributed by atoms with Crippen LogP contribution in [0.5, 0.6) is 0 Å². The molecule has 0 aromatic rings. The van der Waals surface area contributed by atoms with Crippen molar-refractivity contribution in [2.24, 2.45) is 0 Å². The van der Waals surface area contributed by atoms with Gasteiger partial charge in [-0.1, -0.05) is 12.0 Å². The second-order valence-corrected chi connectivity index (χ2v) is 2.14. The molecule has 0 radical (unpaired) electrons. The quantitative estimate of drug-likeness (QED) is 0.289. The zero-order chi connectivity index (χ0) is 9.40. The highest BCUT2D eigenvalue weighted by Gasteiger charge is 1.97. The van der Waals surface area contributed by atoms with Crippen molar-refractivity contribution in [3.05, 3.63) is 12.7 Å². The molecule has 0 aliphatic rings. The number of methoxy groups -OCH3 is 1. The fourth-order valence-corrected chi connectivity index (χ4v) is 0.541. The molecule has 0 spiro atoms. The number of allylic oxidation sites excluding steroid dienone is 1. The average Bonchev–Trinajstić information content (AvgIpc) is 2.10. The van der Waals surface area contributed by atoms with E-state index in [0.29, 0.717) is 12.8 Å². The minimum absolute atomic E-state index is 0.494. The molecule has 0 amide bonds. The molecular weight excluding hydrogens is 156 g/mol. The molecule has 12 heavy (non-hydrogen) atoms. The van der Waals surface area contributed by atoms with Crippen LogP contribution in [0.2, 0.25) is 0 Å². The Morgan fingerprint density at radius 3 is 3.00 bits per heavy atom. The van der Waals surface area contributed by atoms with Crippen LogP contribution < -0.4 is 0 Å². The van der Waals surface area contributed by atoms with Crippen molar-refractivity contribution in [1.29, 1.82) is 0 Å². The number of ether oxygens (including phenoxy) is 1. The number of carbonyl (C=O) groups is 1. The van der Waals surface area contributed by atoms with Crippen LogP contribution in [-0.4, -0.2) is 24.3 Å². The van der Waals surface area contributed by atoms with Gasteiger partial charge in [0.2, 0.25) is 0 Å². The first kappa shape index (κ1) is 10.7. The van der Waals surface area contributed by atoms with E-state index in [1.807, 2.05) is 0 Å². The Kier molecular flexibility index (Phi) is 5.76. The van der Waals surface area contributed by atoms with Crippen molar-refractivity contribution >= 4 is 5.97 Å². The second-order valence-electron chi connectivity index (χ2n) is 2.14. The molecule has 3 nitrogen and oxygen atoms in total. The Morgan fingerprint density at radius 2 is 2.50 bits per heavy atom. The number of hydrogen-bond donors (Lipinski definition) is 1. The Labute approximate surface area is 72.0 Å². The number of aliphatic hydroxyl groups excluding tert-OH is 1. The number of carbonyl (C=O) groups excluding carboxylic acids is 1. The van der Waals surface area contributed by atoms with Gasteiger partial charge in [-0.2, -0.15) is 0 Å². The molecule has 0 aliphatic heterocycles. The first-order chi connectivity index (χ1) is 5.70. The predicted molar refractivity (Wildman–Crippen MR) is 45.2 cm³/mol. The minimum Gasteiger partial charge on any atom is -0.459 e. The monoisotopic (exact) mass is 168 g/mol. The molecule has 0 unspecified atom stereocenters. The van der Waals surface area contributed by atoms with Crippen molar-refractivity contribution < 1.29 is 14.6 Å². The van der Waals surface area contributed by atoms with Crippen LogP contribution in [0, 0.1) is 11.8 Å². The number of rotatable bonds is 3. The van der Waals surface area contributed by atoms with Gasteiger partial charge in [-0.15, -0.1) is 6.58 Å². The van der Waals surface area contributed by atoms with E-state index in [9.17, 15) is 4.79 Å². The van der Waals surface area contributed by atoms with Gasteiger partial charge in [0.15, 0.2) is 0 Å². The topological polar surface area (TPSA) is 46.5 Å². The van der Waals surface area contributed by atoms with E-state index in [1.165, 1.54) is 7.11 Å². The molecule has 0 aromatic heterocycles. The van der Waals surface area contributed by atoms with Gasteiger partial charge < -0.3 is 9.84 Å². The molecule has 0 aromatic carbocycles. The van der Waals surface area contributed by atoms with E-state index in [2.05, 4.69) is 23.2 Å². The standard InChI is InChI=1S/C9H12O3/c1-3-4-5-8(10)6-7-9(11)12-2/h3,8,10H,1,4-5H2,2H3/t8-/m0/s1. The molecule has 1 atom stereocenters. The first-order valence-electron chi connectivity index (χ1n) is 3.59. The summed E-state index contributed by atoms with van der Waals surface area (Å²) in [6.45, 7) is 3.49. The summed E-state index contributed by atoms with van der Waals surface area (Å²) in [4.78, 5) is 10.5. The molecule has 66 valence electrons. The summed E-state index contributed by atoms with van der Waals surface area (Å²) in [5.74, 6) is 3.87. The number of aliphatic hydroxyl groups is 1. The SMILES string of the molecule is C=CCC[C@H](O)C#CC(=O)OC. The third-order valence-corrected chi connectivity index (χ3v) is 1.17. The fourth-order valence-electron chi connectivity index (χ4n) is 0.541. The second kappa shape index (κ2) is 6.44. The lowest BCUT2D eigenvalue weighted by Crippen LogP contribution is -2.03. The van der Waals surface area contributed by atoms with Crippen LogP contribution in [-0.2, 0) is 9.53 Å². The highest BCUT2D eigenvalue weighted by atomic mass is 16.5. The van der Waals surface area contributed by atoms with Crippen molar-refractivity contribution in [3.63, 3.8) is 0 Å². The Hall–Kier alpha value is -1.27. The molecule has 3 heteroatoms. The molecule has 0 fully saturated rings. The lowest BCUT2D eigenvalue weighted by atomic mass is 10.2. The largest absolute Gasteiger partial charge is 0.459 e. The summed E-state index contributed by atoms with van der Waals surface area (Å²) in [6, 6.07) is 0. The summed E-state index contributed by atoms with van der Waals surface area (Å²) in [5.41, 5.74) is 0. The summed E-state index contributed by atoms with van der Waals surface area (Å²) in [7, 11) is 1.24. The smallest absolute Gasteiger partial charge is 0.384 e. The van der Waals surface area contributed by atoms with Crippen LogP contribution in [0.25, 0.3) is 0 Å². The first-order valence-corrected chi connectivity index (χ1v) is 3.59. The van der Waals surface area contributed by atoms with Crippen molar-refractivity contribution in [2.75, 3.05) is 7.11 Å². The molecular formula is C9H12O3.